The van der Waals surface area contributed by atoms with E-state index >= 15 is 0 Å². The molecule has 0 unspecified atom stereocenters. The van der Waals surface area contributed by atoms with E-state index in [1.807, 2.05) is 0 Å². The van der Waals surface area contributed by atoms with Crippen LogP contribution < -0.4 is 4.72 Å². The van der Waals surface area contributed by atoms with Gasteiger partial charge < -0.3 is 0 Å². The number of halogens is 2. The molecule has 2 N–H and O–H groups in total. The second-order valence-corrected chi connectivity index (χ2v) is 7.71. The molecule has 2 rings (SSSR count). The standard InChI is InChI=1S/C7H6BrClN4O2S2/c8-7-4(9)1-6(16-7)17(14,15)12-2-5-10-3-11-13-5/h1,3,12H,2H2,(H,10,11,13). The average Bonchev–Trinajstić information content (AvgIpc) is 2.87. The molecule has 0 spiro atoms. The Morgan fingerprint density at radius 2 is 2.35 bits per heavy atom. The highest BCUT2D eigenvalue weighted by Crippen LogP contribution is 2.34. The quantitative estimate of drug-likeness (QED) is 0.873. The van der Waals surface area contributed by atoms with Gasteiger partial charge in [0.1, 0.15) is 16.4 Å². The van der Waals surface area contributed by atoms with E-state index in [1.54, 1.807) is 0 Å². The van der Waals surface area contributed by atoms with Gasteiger partial charge in [0, 0.05) is 0 Å². The Bertz CT molecular complexity index is 590. The van der Waals surface area contributed by atoms with Gasteiger partial charge in [-0.3, -0.25) is 5.10 Å². The molecular formula is C7H6BrClN4O2S2. The third-order valence-corrected chi connectivity index (χ3v) is 6.13. The van der Waals surface area contributed by atoms with E-state index in [2.05, 4.69) is 35.8 Å². The molecule has 0 fully saturated rings. The summed E-state index contributed by atoms with van der Waals surface area (Å²) >= 11 is 9.99. The van der Waals surface area contributed by atoms with Crippen molar-refractivity contribution in [3.63, 3.8) is 0 Å². The molecule has 0 bridgehead atoms. The maximum Gasteiger partial charge on any atom is 0.250 e. The van der Waals surface area contributed by atoms with E-state index in [9.17, 15) is 8.42 Å². The first-order valence-electron chi connectivity index (χ1n) is 4.28. The molecule has 0 aromatic carbocycles. The molecule has 0 amide bonds. The molecule has 6 nitrogen and oxygen atoms in total. The van der Waals surface area contributed by atoms with Gasteiger partial charge in [-0.15, -0.1) is 11.3 Å². The highest BCUT2D eigenvalue weighted by molar-refractivity contribution is 9.11. The molecule has 2 heterocycles. The molecule has 0 aliphatic heterocycles. The van der Waals surface area contributed by atoms with Crippen molar-refractivity contribution in [2.45, 2.75) is 10.8 Å². The summed E-state index contributed by atoms with van der Waals surface area (Å²) in [4.78, 5) is 3.81. The number of hydrogen-bond donors (Lipinski definition) is 2. The van der Waals surface area contributed by atoms with Gasteiger partial charge in [0.15, 0.2) is 0 Å². The molecule has 17 heavy (non-hydrogen) atoms. The largest absolute Gasteiger partial charge is 0.262 e. The van der Waals surface area contributed by atoms with Crippen LogP contribution in [0.1, 0.15) is 5.82 Å². The second kappa shape index (κ2) is 5.02. The van der Waals surface area contributed by atoms with Crippen LogP contribution in [0.5, 0.6) is 0 Å². The van der Waals surface area contributed by atoms with Crippen LogP contribution in [0.2, 0.25) is 5.02 Å². The molecule has 0 aliphatic carbocycles. The average molecular weight is 358 g/mol. The highest BCUT2D eigenvalue weighted by atomic mass is 79.9. The van der Waals surface area contributed by atoms with Crippen LogP contribution in [0.25, 0.3) is 0 Å². The summed E-state index contributed by atoms with van der Waals surface area (Å²) in [5.41, 5.74) is 0. The van der Waals surface area contributed by atoms with Crippen molar-refractivity contribution in [3.05, 3.63) is 27.0 Å². The third kappa shape index (κ3) is 3.05. The predicted octanol–water partition coefficient (Wildman–Crippen LogP) is 1.76. The summed E-state index contributed by atoms with van der Waals surface area (Å²) < 4.78 is 26.8. The fraction of sp³-hybridized carbons (Fsp3) is 0.143. The molecule has 0 atom stereocenters. The van der Waals surface area contributed by atoms with Gasteiger partial charge in [-0.05, 0) is 22.0 Å². The lowest BCUT2D eigenvalue weighted by Crippen LogP contribution is -2.23. The minimum absolute atomic E-state index is 0.0511. The fourth-order valence-electron chi connectivity index (χ4n) is 1.01. The Hall–Kier alpha value is -0.480. The van der Waals surface area contributed by atoms with E-state index in [1.165, 1.54) is 12.4 Å². The SMILES string of the molecule is O=S(=O)(NCc1ncn[nH]1)c1cc(Cl)c(Br)s1. The lowest BCUT2D eigenvalue weighted by molar-refractivity contribution is 0.581. The zero-order valence-electron chi connectivity index (χ0n) is 8.15. The zero-order chi connectivity index (χ0) is 12.5. The zero-order valence-corrected chi connectivity index (χ0v) is 12.1. The number of hydrogen-bond acceptors (Lipinski definition) is 5. The van der Waals surface area contributed by atoms with Crippen molar-refractivity contribution in [3.8, 4) is 0 Å². The number of aromatic nitrogens is 3. The van der Waals surface area contributed by atoms with Crippen LogP contribution in [0, 0.1) is 0 Å². The van der Waals surface area contributed by atoms with Crippen LogP contribution in [-0.2, 0) is 16.6 Å². The summed E-state index contributed by atoms with van der Waals surface area (Å²) in [7, 11) is -3.57. The minimum Gasteiger partial charge on any atom is -0.262 e. The highest BCUT2D eigenvalue weighted by Gasteiger charge is 2.19. The Labute approximate surface area is 115 Å². The number of H-pyrrole nitrogens is 1. The summed E-state index contributed by atoms with van der Waals surface area (Å²) in [5, 5.41) is 6.55. The lowest BCUT2D eigenvalue weighted by Gasteiger charge is -2.01. The maximum atomic E-state index is 11.9. The summed E-state index contributed by atoms with van der Waals surface area (Å²) in [6, 6.07) is 1.39. The normalized spacial score (nSPS) is 11.9. The van der Waals surface area contributed by atoms with Gasteiger partial charge in [-0.1, -0.05) is 11.6 Å². The first kappa shape index (κ1) is 13.0. The van der Waals surface area contributed by atoms with E-state index in [4.69, 9.17) is 11.6 Å². The van der Waals surface area contributed by atoms with Crippen molar-refractivity contribution in [1.82, 2.24) is 19.9 Å². The van der Waals surface area contributed by atoms with Gasteiger partial charge in [-0.25, -0.2) is 18.1 Å². The monoisotopic (exact) mass is 356 g/mol. The summed E-state index contributed by atoms with van der Waals surface area (Å²) in [6.07, 6.45) is 1.31. The van der Waals surface area contributed by atoms with Crippen molar-refractivity contribution in [2.75, 3.05) is 0 Å². The second-order valence-electron chi connectivity index (χ2n) is 2.94. The molecular weight excluding hydrogens is 352 g/mol. The molecule has 0 saturated carbocycles. The molecule has 2 aromatic heterocycles. The number of thiophene rings is 1. The van der Waals surface area contributed by atoms with Gasteiger partial charge in [-0.2, -0.15) is 5.10 Å². The minimum atomic E-state index is -3.57. The van der Waals surface area contributed by atoms with Crippen LogP contribution in [-0.4, -0.2) is 23.6 Å². The van der Waals surface area contributed by atoms with Crippen molar-refractivity contribution >= 4 is 48.9 Å². The van der Waals surface area contributed by atoms with Crippen LogP contribution >= 0.6 is 38.9 Å². The number of rotatable bonds is 4. The van der Waals surface area contributed by atoms with Crippen LogP contribution in [0.15, 0.2) is 20.4 Å². The van der Waals surface area contributed by atoms with Gasteiger partial charge in [0.25, 0.3) is 10.0 Å². The number of aromatic amines is 1. The van der Waals surface area contributed by atoms with Gasteiger partial charge in [0.05, 0.1) is 15.4 Å². The first-order chi connectivity index (χ1) is 7.99. The molecule has 0 radical (unpaired) electrons. The smallest absolute Gasteiger partial charge is 0.250 e. The Balaban J connectivity index is 2.14. The van der Waals surface area contributed by atoms with E-state index in [0.717, 1.165) is 11.3 Å². The van der Waals surface area contributed by atoms with Crippen LogP contribution in [0.4, 0.5) is 0 Å². The van der Waals surface area contributed by atoms with E-state index in [0.29, 0.717) is 14.6 Å². The number of nitrogens with one attached hydrogen (secondary N) is 2. The maximum absolute atomic E-state index is 11.9. The molecule has 92 valence electrons. The topological polar surface area (TPSA) is 87.7 Å². The number of nitrogens with zero attached hydrogens (tertiary/aromatic N) is 2. The van der Waals surface area contributed by atoms with E-state index in [-0.39, 0.29) is 10.8 Å². The Morgan fingerprint density at radius 1 is 1.59 bits per heavy atom. The first-order valence-corrected chi connectivity index (χ1v) is 7.75. The molecule has 0 saturated heterocycles. The van der Waals surface area contributed by atoms with Gasteiger partial charge >= 0.3 is 0 Å². The fourth-order valence-corrected chi connectivity index (χ4v) is 4.44. The van der Waals surface area contributed by atoms with Crippen molar-refractivity contribution < 1.29 is 8.42 Å². The molecule has 2 aromatic rings. The predicted molar refractivity (Wildman–Crippen MR) is 67.4 cm³/mol. The van der Waals surface area contributed by atoms with Crippen LogP contribution in [0.3, 0.4) is 0 Å². The van der Waals surface area contributed by atoms with Crippen molar-refractivity contribution in [1.29, 1.82) is 0 Å². The Kier molecular flexibility index (Phi) is 3.83. The third-order valence-electron chi connectivity index (χ3n) is 1.78. The summed E-state index contributed by atoms with van der Waals surface area (Å²) in [5.74, 6) is 0.440. The van der Waals surface area contributed by atoms with Crippen molar-refractivity contribution in [2.24, 2.45) is 0 Å². The van der Waals surface area contributed by atoms with Gasteiger partial charge in [0.2, 0.25) is 0 Å². The number of sulfonamides is 1. The lowest BCUT2D eigenvalue weighted by atomic mass is 10.6. The Morgan fingerprint density at radius 3 is 2.88 bits per heavy atom. The van der Waals surface area contributed by atoms with E-state index < -0.39 is 10.0 Å². The molecule has 10 heteroatoms. The molecule has 0 aliphatic rings. The summed E-state index contributed by atoms with van der Waals surface area (Å²) in [6.45, 7) is 0.0511.